The highest BCUT2D eigenvalue weighted by atomic mass is 19.3. The molecular formula is C19H19F2N3O3. The van der Waals surface area contributed by atoms with Crippen LogP contribution in [-0.4, -0.2) is 21.2 Å². The van der Waals surface area contributed by atoms with Gasteiger partial charge in [0.25, 0.3) is 11.6 Å². The summed E-state index contributed by atoms with van der Waals surface area (Å²) in [7, 11) is 0. The van der Waals surface area contributed by atoms with Gasteiger partial charge in [-0.15, -0.1) is 0 Å². The number of anilines is 1. The molecule has 27 heavy (non-hydrogen) atoms. The van der Waals surface area contributed by atoms with Crippen LogP contribution in [0.3, 0.4) is 0 Å². The Kier molecular flexibility index (Phi) is 4.82. The molecule has 0 bridgehead atoms. The summed E-state index contributed by atoms with van der Waals surface area (Å²) in [6.07, 6.45) is 0.871. The van der Waals surface area contributed by atoms with Crippen LogP contribution in [0.5, 0.6) is 0 Å². The first kappa shape index (κ1) is 18.8. The Balaban J connectivity index is 1.87. The van der Waals surface area contributed by atoms with E-state index in [2.05, 4.69) is 10.3 Å². The second-order valence-electron chi connectivity index (χ2n) is 7.21. The number of rotatable bonds is 3. The molecule has 1 unspecified atom stereocenters. The van der Waals surface area contributed by atoms with Gasteiger partial charge in [-0.25, -0.2) is 9.78 Å². The van der Waals surface area contributed by atoms with E-state index in [0.29, 0.717) is 12.0 Å². The fourth-order valence-electron chi connectivity index (χ4n) is 2.65. The predicted molar refractivity (Wildman–Crippen MR) is 96.3 cm³/mol. The van der Waals surface area contributed by atoms with Gasteiger partial charge >= 0.3 is 6.09 Å². The van der Waals surface area contributed by atoms with Gasteiger partial charge in [0, 0.05) is 23.9 Å². The van der Waals surface area contributed by atoms with Crippen molar-refractivity contribution in [1.82, 2.24) is 9.55 Å². The largest absolute Gasteiger partial charge is 0.444 e. The maximum absolute atomic E-state index is 12.7. The lowest BCUT2D eigenvalue weighted by Gasteiger charge is -2.19. The molecular weight excluding hydrogens is 356 g/mol. The third-order valence-corrected chi connectivity index (χ3v) is 3.93. The van der Waals surface area contributed by atoms with Gasteiger partial charge in [0.1, 0.15) is 17.1 Å². The molecule has 1 saturated carbocycles. The predicted octanol–water partition coefficient (Wildman–Crippen LogP) is 4.22. The Morgan fingerprint density at radius 3 is 2.70 bits per heavy atom. The first-order chi connectivity index (χ1) is 12.7. The van der Waals surface area contributed by atoms with Crippen molar-refractivity contribution >= 4 is 11.8 Å². The standard InChI is InChI=1S/C19H19F2N3O3/c1-19(2,3)27-18(26)23-14-5-4-8-24(17(14)25)15-9-11(6-7-22-15)12-10-13(12)16(20)21/h4-9,12H,10H2,1-3H3,(H,23,26). The van der Waals surface area contributed by atoms with Crippen molar-refractivity contribution in [1.29, 1.82) is 0 Å². The quantitative estimate of drug-likeness (QED) is 0.872. The number of halogens is 2. The maximum atomic E-state index is 12.7. The van der Waals surface area contributed by atoms with E-state index >= 15 is 0 Å². The number of allylic oxidation sites excluding steroid dienone is 1. The van der Waals surface area contributed by atoms with Crippen LogP contribution in [-0.2, 0) is 4.74 Å². The topological polar surface area (TPSA) is 73.2 Å². The molecule has 3 rings (SSSR count). The summed E-state index contributed by atoms with van der Waals surface area (Å²) in [6.45, 7) is 5.14. The van der Waals surface area contributed by atoms with Crippen LogP contribution in [0.1, 0.15) is 38.7 Å². The smallest absolute Gasteiger partial charge is 0.412 e. The van der Waals surface area contributed by atoms with Gasteiger partial charge in [0.05, 0.1) is 0 Å². The van der Waals surface area contributed by atoms with E-state index in [-0.39, 0.29) is 23.0 Å². The first-order valence-electron chi connectivity index (χ1n) is 8.38. The van der Waals surface area contributed by atoms with Gasteiger partial charge < -0.3 is 4.74 Å². The third-order valence-electron chi connectivity index (χ3n) is 3.93. The highest BCUT2D eigenvalue weighted by molar-refractivity contribution is 5.84. The number of amides is 1. The summed E-state index contributed by atoms with van der Waals surface area (Å²) in [5.41, 5.74) is -0.397. The molecule has 142 valence electrons. The monoisotopic (exact) mass is 375 g/mol. The highest BCUT2D eigenvalue weighted by Crippen LogP contribution is 2.49. The molecule has 1 amide bonds. The number of ether oxygens (including phenoxy) is 1. The van der Waals surface area contributed by atoms with Crippen molar-refractivity contribution in [3.8, 4) is 5.82 Å². The number of nitrogens with zero attached hydrogens (tertiary/aromatic N) is 2. The lowest BCUT2D eigenvalue weighted by Crippen LogP contribution is -2.30. The molecule has 1 N–H and O–H groups in total. The molecule has 0 saturated heterocycles. The second-order valence-corrected chi connectivity index (χ2v) is 7.21. The summed E-state index contributed by atoms with van der Waals surface area (Å²) in [5, 5.41) is 2.42. The molecule has 0 radical (unpaired) electrons. The van der Waals surface area contributed by atoms with E-state index in [1.165, 1.54) is 23.0 Å². The van der Waals surface area contributed by atoms with Gasteiger partial charge in [0.15, 0.2) is 0 Å². The van der Waals surface area contributed by atoms with Gasteiger partial charge in [-0.3, -0.25) is 14.7 Å². The van der Waals surface area contributed by atoms with Gasteiger partial charge in [-0.2, -0.15) is 8.78 Å². The minimum absolute atomic E-state index is 0.0285. The zero-order valence-corrected chi connectivity index (χ0v) is 15.1. The lowest BCUT2D eigenvalue weighted by atomic mass is 10.1. The van der Waals surface area contributed by atoms with Gasteiger partial charge in [-0.1, -0.05) is 0 Å². The average molecular weight is 375 g/mol. The van der Waals surface area contributed by atoms with Crippen molar-refractivity contribution in [2.75, 3.05) is 5.32 Å². The molecule has 1 aliphatic rings. The molecule has 1 aliphatic carbocycles. The van der Waals surface area contributed by atoms with Crippen LogP contribution in [0.15, 0.2) is 53.1 Å². The van der Waals surface area contributed by atoms with Crippen molar-refractivity contribution in [3.05, 3.63) is 64.2 Å². The Morgan fingerprint density at radius 1 is 1.33 bits per heavy atom. The number of carbonyl (C=O) groups excluding carboxylic acids is 1. The number of carbonyl (C=O) groups is 1. The van der Waals surface area contributed by atoms with E-state index in [4.69, 9.17) is 4.74 Å². The van der Waals surface area contributed by atoms with Gasteiger partial charge in [0.2, 0.25) is 0 Å². The van der Waals surface area contributed by atoms with Crippen molar-refractivity contribution < 1.29 is 18.3 Å². The molecule has 0 aromatic carbocycles. The Bertz CT molecular complexity index is 973. The van der Waals surface area contributed by atoms with Crippen LogP contribution in [0.25, 0.3) is 5.82 Å². The van der Waals surface area contributed by atoms with Crippen LogP contribution in [0.2, 0.25) is 0 Å². The molecule has 0 spiro atoms. The normalized spacial score (nSPS) is 16.0. The summed E-state index contributed by atoms with van der Waals surface area (Å²) >= 11 is 0. The maximum Gasteiger partial charge on any atom is 0.412 e. The zero-order chi connectivity index (χ0) is 19.8. The Hall–Kier alpha value is -3.03. The summed E-state index contributed by atoms with van der Waals surface area (Å²) in [4.78, 5) is 28.7. The van der Waals surface area contributed by atoms with E-state index in [1.807, 2.05) is 0 Å². The van der Waals surface area contributed by atoms with E-state index in [1.54, 1.807) is 39.0 Å². The van der Waals surface area contributed by atoms with Crippen LogP contribution >= 0.6 is 0 Å². The molecule has 1 fully saturated rings. The summed E-state index contributed by atoms with van der Waals surface area (Å²) < 4.78 is 31.8. The molecule has 2 aromatic heterocycles. The molecule has 6 nitrogen and oxygen atoms in total. The van der Waals surface area contributed by atoms with E-state index in [0.717, 1.165) is 0 Å². The van der Waals surface area contributed by atoms with Crippen LogP contribution in [0, 0.1) is 0 Å². The van der Waals surface area contributed by atoms with E-state index in [9.17, 15) is 18.4 Å². The Morgan fingerprint density at radius 2 is 2.07 bits per heavy atom. The first-order valence-corrected chi connectivity index (χ1v) is 8.38. The number of nitrogens with one attached hydrogen (secondary N) is 1. The fourth-order valence-corrected chi connectivity index (χ4v) is 2.65. The number of hydrogen-bond donors (Lipinski definition) is 1. The third kappa shape index (κ3) is 4.39. The van der Waals surface area contributed by atoms with Crippen molar-refractivity contribution in [2.24, 2.45) is 0 Å². The van der Waals surface area contributed by atoms with Gasteiger partial charge in [-0.05, 0) is 57.0 Å². The van der Waals surface area contributed by atoms with Crippen LogP contribution in [0.4, 0.5) is 19.3 Å². The Labute approximate surface area is 154 Å². The molecule has 8 heteroatoms. The highest BCUT2D eigenvalue weighted by Gasteiger charge is 2.36. The van der Waals surface area contributed by atoms with Crippen molar-refractivity contribution in [3.63, 3.8) is 0 Å². The van der Waals surface area contributed by atoms with Crippen molar-refractivity contribution in [2.45, 2.75) is 38.7 Å². The summed E-state index contributed by atoms with van der Waals surface area (Å²) in [5.74, 6) is -0.0496. The second kappa shape index (κ2) is 6.94. The van der Waals surface area contributed by atoms with Crippen LogP contribution < -0.4 is 10.9 Å². The fraction of sp³-hybridized carbons (Fsp3) is 0.316. The van der Waals surface area contributed by atoms with E-state index < -0.39 is 23.3 Å². The molecule has 0 aliphatic heterocycles. The molecule has 2 aromatic rings. The number of aromatic nitrogens is 2. The minimum atomic E-state index is -1.65. The number of hydrogen-bond acceptors (Lipinski definition) is 4. The molecule has 2 heterocycles. The minimum Gasteiger partial charge on any atom is -0.444 e. The molecule has 1 atom stereocenters. The summed E-state index contributed by atoms with van der Waals surface area (Å²) in [6, 6.07) is 6.27. The lowest BCUT2D eigenvalue weighted by molar-refractivity contribution is 0.0635. The number of pyridine rings is 2. The average Bonchev–Trinajstić information content (AvgIpc) is 3.36. The zero-order valence-electron chi connectivity index (χ0n) is 15.1. The SMILES string of the molecule is CC(C)(C)OC(=O)Nc1cccn(-c2cc(C3CC3=C(F)F)ccn2)c1=O.